The number of amides is 3. The first-order valence-corrected chi connectivity index (χ1v) is 36.8. The Morgan fingerprint density at radius 1 is 0.627 bits per heavy atom. The average molecular weight is 1590 g/mol. The van der Waals surface area contributed by atoms with E-state index in [9.17, 15) is 58.7 Å². The van der Waals surface area contributed by atoms with Crippen LogP contribution in [0.2, 0.25) is 10.0 Å². The van der Waals surface area contributed by atoms with Crippen molar-refractivity contribution < 1.29 is 66.2 Å². The number of non-ortho nitro benzene ring substituents is 1. The van der Waals surface area contributed by atoms with Gasteiger partial charge in [0, 0.05) is 80.6 Å². The molecule has 0 spiro atoms. The fourth-order valence-electron chi connectivity index (χ4n) is 12.0. The molecule has 9 aromatic rings. The van der Waals surface area contributed by atoms with Gasteiger partial charge in [-0.1, -0.05) is 72.7 Å². The Hall–Kier alpha value is -11.5. The Kier molecular flexibility index (Phi) is 25.2. The number of halogens is 2. The number of nitrogens with zero attached hydrogens (tertiary/aromatic N) is 11. The molecule has 580 valence electrons. The van der Waals surface area contributed by atoms with Crippen LogP contribution in [0.15, 0.2) is 130 Å². The number of aryl methyl sites for hydroxylation is 4. The van der Waals surface area contributed by atoms with E-state index in [2.05, 4.69) is 78.3 Å². The molecule has 6 aromatic heterocycles. The normalized spacial score (nSPS) is 14.8. The highest BCUT2D eigenvalue weighted by Gasteiger charge is 2.34. The highest BCUT2D eigenvalue weighted by molar-refractivity contribution is 7.99. The predicted octanol–water partition coefficient (Wildman–Crippen LogP) is 9.55. The fraction of sp³-hybridized carbons (Fsp3) is 0.371. The third-order valence-electron chi connectivity index (χ3n) is 18.6. The summed E-state index contributed by atoms with van der Waals surface area (Å²) in [5, 5.41) is 40.6. The quantitative estimate of drug-likeness (QED) is 0.0161. The minimum absolute atomic E-state index is 0.0700. The van der Waals surface area contributed by atoms with Crippen LogP contribution in [-0.4, -0.2) is 118 Å². The molecule has 10 heterocycles. The Morgan fingerprint density at radius 2 is 1.07 bits per heavy atom. The van der Waals surface area contributed by atoms with E-state index in [4.69, 9.17) is 63.4 Å². The predicted molar refractivity (Wildman–Crippen MR) is 400 cm³/mol. The van der Waals surface area contributed by atoms with Crippen LogP contribution in [-0.2, 0) is 48.6 Å². The van der Waals surface area contributed by atoms with Gasteiger partial charge in [0.25, 0.3) is 28.6 Å². The summed E-state index contributed by atoms with van der Waals surface area (Å²) < 4.78 is 36.3. The minimum Gasteiger partial charge on any atom is -0.493 e. The molecule has 2 fully saturated rings. The average Bonchev–Trinajstić information content (AvgIpc) is 0.822. The van der Waals surface area contributed by atoms with Gasteiger partial charge >= 0.3 is 23.9 Å². The SMILES string of the molecule is CC1(CN)CCN(c2cnc(Sc3cccc(NC(=O)c4c(O)nc5n(c4=O)CCCC5)c3Cl)c(N)n2)CC1.Cc1oc(=O)oc1COC(=O)NCC1(C)CCN(c2cnc(Sc3cccc(NC(=O)c4c(O)nc5n(c4=O)CCCC5)c3Cl)c(N)n2)CC1.Cc1oc(=O)oc1COC(=O)Oc1ccc([N+](=O)[O-])cc1. The Morgan fingerprint density at radius 3 is 1.49 bits per heavy atom. The van der Waals surface area contributed by atoms with Gasteiger partial charge in [-0.15, -0.1) is 0 Å². The number of hydrogen-bond donors (Lipinski definition) is 8. The lowest BCUT2D eigenvalue weighted by atomic mass is 9.80. The van der Waals surface area contributed by atoms with E-state index < -0.39 is 74.6 Å². The third kappa shape index (κ3) is 19.3. The summed E-state index contributed by atoms with van der Waals surface area (Å²) in [4.78, 5) is 139. The monoisotopic (exact) mass is 1590 g/mol. The summed E-state index contributed by atoms with van der Waals surface area (Å²) in [6.07, 6.45) is 9.56. The van der Waals surface area contributed by atoms with Crippen LogP contribution in [0.25, 0.3) is 0 Å². The van der Waals surface area contributed by atoms with Gasteiger partial charge in [-0.3, -0.25) is 38.4 Å². The van der Waals surface area contributed by atoms with E-state index in [0.29, 0.717) is 95.2 Å². The van der Waals surface area contributed by atoms with Crippen molar-refractivity contribution in [2.45, 2.75) is 138 Å². The van der Waals surface area contributed by atoms with Crippen molar-refractivity contribution in [3.05, 3.63) is 181 Å². The summed E-state index contributed by atoms with van der Waals surface area (Å²) in [6.45, 7) is 11.7. The lowest BCUT2D eigenvalue weighted by molar-refractivity contribution is -0.384. The number of piperidine rings is 2. The topological polar surface area (TPSA) is 508 Å². The van der Waals surface area contributed by atoms with Crippen LogP contribution in [0.3, 0.4) is 0 Å². The lowest BCUT2D eigenvalue weighted by Gasteiger charge is -2.39. The third-order valence-corrected chi connectivity index (χ3v) is 21.8. The minimum atomic E-state index is -1.05. The second-order valence-electron chi connectivity index (χ2n) is 26.5. The molecular formula is C70H75Cl2N17O19S2. The zero-order valence-corrected chi connectivity index (χ0v) is 62.8. The Labute approximate surface area is 642 Å². The number of anilines is 6. The van der Waals surface area contributed by atoms with Gasteiger partial charge in [-0.05, 0) is 119 Å². The molecule has 0 aliphatic carbocycles. The first-order chi connectivity index (χ1) is 52.5. The molecule has 13 rings (SSSR count). The van der Waals surface area contributed by atoms with Crippen molar-refractivity contribution in [2.24, 2.45) is 16.6 Å². The van der Waals surface area contributed by atoms with Crippen molar-refractivity contribution in [1.82, 2.24) is 44.4 Å². The van der Waals surface area contributed by atoms with Crippen molar-refractivity contribution in [3.63, 3.8) is 0 Å². The number of carbonyl (C=O) groups is 4. The number of aromatic nitrogens is 8. The van der Waals surface area contributed by atoms with Gasteiger partial charge in [-0.25, -0.2) is 39.1 Å². The number of alkyl carbamates (subject to hydrolysis) is 1. The maximum Gasteiger partial charge on any atom is 0.519 e. The van der Waals surface area contributed by atoms with Gasteiger partial charge in [0.05, 0.1) is 38.7 Å². The van der Waals surface area contributed by atoms with Gasteiger partial charge < -0.3 is 85.0 Å². The molecule has 3 amide bonds. The molecular weight excluding hydrogens is 1520 g/mol. The number of nitro benzene ring substituents is 1. The molecule has 110 heavy (non-hydrogen) atoms. The van der Waals surface area contributed by atoms with Crippen molar-refractivity contribution in [1.29, 1.82) is 0 Å². The highest BCUT2D eigenvalue weighted by Crippen LogP contribution is 2.42. The molecule has 3 aromatic carbocycles. The summed E-state index contributed by atoms with van der Waals surface area (Å²) in [6, 6.07) is 14.9. The molecule has 40 heteroatoms. The van der Waals surface area contributed by atoms with Crippen molar-refractivity contribution in [2.75, 3.05) is 71.2 Å². The van der Waals surface area contributed by atoms with Gasteiger partial charge in [0.15, 0.2) is 59.0 Å². The van der Waals surface area contributed by atoms with E-state index in [0.717, 1.165) is 64.5 Å². The number of nitrogen functional groups attached to an aromatic ring is 2. The van der Waals surface area contributed by atoms with E-state index >= 15 is 0 Å². The molecule has 4 aliphatic rings. The number of nitro groups is 1. The molecule has 0 bridgehead atoms. The van der Waals surface area contributed by atoms with E-state index in [1.807, 2.05) is 0 Å². The zero-order valence-electron chi connectivity index (χ0n) is 59.6. The van der Waals surface area contributed by atoms with Crippen LogP contribution in [0.1, 0.15) is 121 Å². The van der Waals surface area contributed by atoms with Crippen molar-refractivity contribution >= 4 is 111 Å². The standard InChI is InChI=1S/C32H35ClN8O8S.C26H31ClN8O3S.C12H9NO8/c1-17-19(49-31(46)48-17)15-47-30(45)36-16-32(2)9-12-40(13-10-32)22-14-35-28(25(34)38-22)50-20-7-5-6-18(24(20)33)37-26(42)23-27(43)39-21-8-3-4-11-41(21)29(23)44;1-26(14-28)8-11-34(12-9-26)18-13-30-24(21(29)32-18)39-16-6-4-5-15(20(16)27)31-22(36)19-23(37)33-17-7-2-3-10-35(17)25(19)38;1-7-10(21-12(15)19-7)6-18-11(14)20-9-4-2-8(3-5-9)13(16)17/h5-7,14,43H,3-4,8-13,15-16H2,1-2H3,(H2,34,38)(H,36,45)(H,37,42);4-6,13,37H,2-3,7-12,14,28H2,1H3,(H2,29,32)(H,31,36);2-5H,6H2,1H3. The number of rotatable bonds is 19. The van der Waals surface area contributed by atoms with E-state index in [1.54, 1.807) is 55.7 Å². The molecule has 0 radical (unpaired) electrons. The summed E-state index contributed by atoms with van der Waals surface area (Å²) >= 11 is 15.7. The lowest BCUT2D eigenvalue weighted by Crippen LogP contribution is -2.45. The van der Waals surface area contributed by atoms with Gasteiger partial charge in [0.1, 0.15) is 39.1 Å². The van der Waals surface area contributed by atoms with E-state index in [-0.39, 0.29) is 91.6 Å². The second kappa shape index (κ2) is 34.8. The summed E-state index contributed by atoms with van der Waals surface area (Å²) in [7, 11) is 0. The number of fused-ring (bicyclic) bond motifs is 2. The summed E-state index contributed by atoms with van der Waals surface area (Å²) in [5.41, 5.74) is 16.8. The van der Waals surface area contributed by atoms with Gasteiger partial charge in [-0.2, -0.15) is 9.97 Å². The number of aromatic hydroxyl groups is 2. The molecule has 36 nitrogen and oxygen atoms in total. The number of benzene rings is 3. The molecule has 11 N–H and O–H groups in total. The first-order valence-electron chi connectivity index (χ1n) is 34.4. The van der Waals surface area contributed by atoms with Crippen LogP contribution in [0.5, 0.6) is 17.5 Å². The maximum absolute atomic E-state index is 13.1. The smallest absolute Gasteiger partial charge is 0.493 e. The van der Waals surface area contributed by atoms with Gasteiger partial charge in [0.2, 0.25) is 11.8 Å². The molecule has 2 saturated heterocycles. The van der Waals surface area contributed by atoms with Crippen LogP contribution < -0.4 is 70.5 Å². The Bertz CT molecular complexity index is 5210. The van der Waals surface area contributed by atoms with Crippen LogP contribution in [0.4, 0.5) is 49.9 Å². The molecule has 4 aliphatic heterocycles. The largest absolute Gasteiger partial charge is 0.519 e. The second-order valence-corrected chi connectivity index (χ2v) is 29.3. The van der Waals surface area contributed by atoms with Crippen LogP contribution >= 0.6 is 46.7 Å². The molecule has 0 unspecified atom stereocenters. The number of carbonyl (C=O) groups excluding carboxylic acids is 4. The number of ether oxygens (including phenoxy) is 3. The Balaban J connectivity index is 0.000000177. The van der Waals surface area contributed by atoms with Crippen molar-refractivity contribution in [3.8, 4) is 17.5 Å². The zero-order chi connectivity index (χ0) is 78.7. The summed E-state index contributed by atoms with van der Waals surface area (Å²) in [5.74, 6) is -1.05. The fourth-order valence-corrected chi connectivity index (χ4v) is 14.2. The number of nitrogens with one attached hydrogen (secondary N) is 3. The number of nitrogens with two attached hydrogens (primary N) is 3. The number of hydrogen-bond acceptors (Lipinski definition) is 32. The first kappa shape index (κ1) is 79.6. The van der Waals surface area contributed by atoms with Crippen LogP contribution in [0, 0.1) is 34.8 Å². The van der Waals surface area contributed by atoms with E-state index in [1.165, 1.54) is 63.8 Å². The molecule has 0 atom stereocenters. The molecule has 0 saturated carbocycles. The highest BCUT2D eigenvalue weighted by atomic mass is 35.5. The maximum atomic E-state index is 13.1.